The van der Waals surface area contributed by atoms with Crippen molar-refractivity contribution in [3.63, 3.8) is 0 Å². The van der Waals surface area contributed by atoms with Gasteiger partial charge in [-0.25, -0.2) is 8.78 Å². The molecule has 0 amide bonds. The van der Waals surface area contributed by atoms with Crippen molar-refractivity contribution in [1.29, 1.82) is 0 Å². The van der Waals surface area contributed by atoms with Crippen molar-refractivity contribution < 1.29 is 19.0 Å². The van der Waals surface area contributed by atoms with Gasteiger partial charge in [0.2, 0.25) is 0 Å². The van der Waals surface area contributed by atoms with Gasteiger partial charge in [-0.15, -0.1) is 0 Å². The van der Waals surface area contributed by atoms with E-state index < -0.39 is 22.6 Å². The Hall–Kier alpha value is -1.62. The molecule has 0 saturated carbocycles. The number of rotatable bonds is 5. The molecule has 2 rings (SSSR count). The van der Waals surface area contributed by atoms with E-state index >= 15 is 0 Å². The van der Waals surface area contributed by atoms with Crippen LogP contribution in [0.4, 0.5) is 8.78 Å². The molecule has 2 N–H and O–H groups in total. The van der Waals surface area contributed by atoms with E-state index in [1.165, 1.54) is 18.2 Å². The monoisotopic (exact) mass is 333 g/mol. The molecule has 1 radical (unpaired) electrons. The highest BCUT2D eigenvalue weighted by Crippen LogP contribution is 2.35. The molecule has 2 aromatic carbocycles. The minimum Gasteiger partial charge on any atom is -0.505 e. The summed E-state index contributed by atoms with van der Waals surface area (Å²) in [5.74, 6) is -1.58. The summed E-state index contributed by atoms with van der Waals surface area (Å²) in [5.41, 5.74) is -0.347. The van der Waals surface area contributed by atoms with E-state index in [-0.39, 0.29) is 11.2 Å². The molecule has 0 atom stereocenters. The van der Waals surface area contributed by atoms with Crippen LogP contribution < -0.4 is 5.46 Å². The summed E-state index contributed by atoms with van der Waals surface area (Å²) in [7, 11) is 1.83. The molecule has 2 nitrogen and oxygen atoms in total. The predicted molar refractivity (Wildman–Crippen MR) is 95.2 cm³/mol. The van der Waals surface area contributed by atoms with E-state index in [1.54, 1.807) is 13.8 Å². The molecule has 0 aromatic heterocycles. The fourth-order valence-electron chi connectivity index (χ4n) is 2.68. The third-order valence-corrected chi connectivity index (χ3v) is 5.14. The van der Waals surface area contributed by atoms with Crippen LogP contribution in [-0.4, -0.2) is 23.1 Å². The van der Waals surface area contributed by atoms with Crippen molar-refractivity contribution in [1.82, 2.24) is 0 Å². The topological polar surface area (TPSA) is 40.5 Å². The Morgan fingerprint density at radius 3 is 2.29 bits per heavy atom. The second-order valence-corrected chi connectivity index (χ2v) is 7.45. The zero-order chi connectivity index (χ0) is 18.3. The largest absolute Gasteiger partial charge is 0.505 e. The maximum atomic E-state index is 14.3. The molecule has 24 heavy (non-hydrogen) atoms. The average molecular weight is 333 g/mol. The summed E-state index contributed by atoms with van der Waals surface area (Å²) in [6.07, 6.45) is 0.916. The first-order chi connectivity index (χ1) is 11.0. The lowest BCUT2D eigenvalue weighted by atomic mass is 9.55. The van der Waals surface area contributed by atoms with Gasteiger partial charge < -0.3 is 10.2 Å². The van der Waals surface area contributed by atoms with E-state index in [9.17, 15) is 19.0 Å². The van der Waals surface area contributed by atoms with Crippen molar-refractivity contribution in [2.24, 2.45) is 5.41 Å². The lowest BCUT2D eigenvalue weighted by molar-refractivity contribution is -0.0236. The van der Waals surface area contributed by atoms with Crippen molar-refractivity contribution >= 4 is 23.5 Å². The highest BCUT2D eigenvalue weighted by atomic mass is 19.1. The standard InChI is InChI=1S/C19H24BF2O2/c1-6-11-14(21)8-7-12-16(11)13(9-15(23)17(12)22)20-10-18(2,3)19(4,5)24/h7-9,23-24H,6,10H2,1-5H3. The minimum absolute atomic E-state index is 0.209. The van der Waals surface area contributed by atoms with Crippen molar-refractivity contribution in [2.45, 2.75) is 53.0 Å². The zero-order valence-corrected chi connectivity index (χ0v) is 14.9. The highest BCUT2D eigenvalue weighted by molar-refractivity contribution is 6.57. The van der Waals surface area contributed by atoms with Crippen LogP contribution in [0, 0.1) is 17.0 Å². The molecule has 129 valence electrons. The Kier molecular flexibility index (Phi) is 4.96. The summed E-state index contributed by atoms with van der Waals surface area (Å²) in [4.78, 5) is 0. The Labute approximate surface area is 142 Å². The van der Waals surface area contributed by atoms with Crippen molar-refractivity contribution in [3.05, 3.63) is 35.4 Å². The summed E-state index contributed by atoms with van der Waals surface area (Å²) >= 11 is 0. The Bertz CT molecular complexity index is 764. The third-order valence-electron chi connectivity index (χ3n) is 5.14. The number of fused-ring (bicyclic) bond motifs is 1. The molecular formula is C19H24BF2O2. The molecule has 0 unspecified atom stereocenters. The van der Waals surface area contributed by atoms with E-state index in [0.717, 1.165) is 0 Å². The summed E-state index contributed by atoms with van der Waals surface area (Å²) in [6.45, 7) is 9.14. The number of phenolic OH excluding ortho intramolecular Hbond substituents is 1. The maximum Gasteiger partial charge on any atom is 0.172 e. The maximum absolute atomic E-state index is 14.3. The molecule has 0 bridgehead atoms. The van der Waals surface area contributed by atoms with Gasteiger partial charge in [0.15, 0.2) is 18.8 Å². The summed E-state index contributed by atoms with van der Waals surface area (Å²) < 4.78 is 28.4. The van der Waals surface area contributed by atoms with Crippen molar-refractivity contribution in [3.8, 4) is 5.75 Å². The van der Waals surface area contributed by atoms with Gasteiger partial charge in [0.25, 0.3) is 0 Å². The molecule has 5 heteroatoms. The molecule has 2 aromatic rings. The van der Waals surface area contributed by atoms with Crippen LogP contribution in [0.5, 0.6) is 5.75 Å². The number of aromatic hydroxyl groups is 1. The van der Waals surface area contributed by atoms with Gasteiger partial charge in [-0.3, -0.25) is 0 Å². The Morgan fingerprint density at radius 1 is 1.12 bits per heavy atom. The molecule has 0 aliphatic rings. The van der Waals surface area contributed by atoms with Gasteiger partial charge in [0.05, 0.1) is 5.60 Å². The van der Waals surface area contributed by atoms with E-state index in [1.807, 2.05) is 28.1 Å². The highest BCUT2D eigenvalue weighted by Gasteiger charge is 2.34. The first-order valence-corrected chi connectivity index (χ1v) is 8.17. The Morgan fingerprint density at radius 2 is 1.75 bits per heavy atom. The van der Waals surface area contributed by atoms with Crippen molar-refractivity contribution in [2.75, 3.05) is 0 Å². The van der Waals surface area contributed by atoms with E-state index in [0.29, 0.717) is 29.2 Å². The van der Waals surface area contributed by atoms with Crippen LogP contribution in [-0.2, 0) is 6.42 Å². The fraction of sp³-hybridized carbons (Fsp3) is 0.474. The number of hydrogen-bond acceptors (Lipinski definition) is 2. The number of aryl methyl sites for hydroxylation is 1. The van der Waals surface area contributed by atoms with Gasteiger partial charge in [0, 0.05) is 5.39 Å². The molecule has 0 fully saturated rings. The average Bonchev–Trinajstić information content (AvgIpc) is 2.48. The summed E-state index contributed by atoms with van der Waals surface area (Å²) in [6, 6.07) is 3.92. The first-order valence-electron chi connectivity index (χ1n) is 8.17. The van der Waals surface area contributed by atoms with Crippen LogP contribution >= 0.6 is 0 Å². The van der Waals surface area contributed by atoms with Gasteiger partial charge in [-0.2, -0.15) is 0 Å². The minimum atomic E-state index is -0.916. The molecule has 0 heterocycles. The smallest absolute Gasteiger partial charge is 0.172 e. The molecule has 0 spiro atoms. The van der Waals surface area contributed by atoms with Gasteiger partial charge in [-0.1, -0.05) is 32.6 Å². The molecular weight excluding hydrogens is 309 g/mol. The predicted octanol–water partition coefficient (Wildman–Crippen LogP) is 3.93. The van der Waals surface area contributed by atoms with Crippen LogP contribution in [0.15, 0.2) is 18.2 Å². The Balaban J connectivity index is 2.58. The van der Waals surface area contributed by atoms with Gasteiger partial charge in [-0.05, 0) is 54.8 Å². The van der Waals surface area contributed by atoms with Crippen LogP contribution in [0.2, 0.25) is 6.32 Å². The first kappa shape index (κ1) is 18.7. The fourth-order valence-corrected chi connectivity index (χ4v) is 2.68. The van der Waals surface area contributed by atoms with Crippen LogP contribution in [0.1, 0.15) is 40.2 Å². The quantitative estimate of drug-likeness (QED) is 0.814. The lowest BCUT2D eigenvalue weighted by Gasteiger charge is -2.37. The second-order valence-electron chi connectivity index (χ2n) is 7.45. The van der Waals surface area contributed by atoms with E-state index in [2.05, 4.69) is 0 Å². The number of halogens is 2. The lowest BCUT2D eigenvalue weighted by Crippen LogP contribution is -2.40. The summed E-state index contributed by atoms with van der Waals surface area (Å²) in [5, 5.41) is 20.9. The normalized spacial score (nSPS) is 12.7. The van der Waals surface area contributed by atoms with E-state index in [4.69, 9.17) is 0 Å². The number of hydrogen-bond donors (Lipinski definition) is 2. The third kappa shape index (κ3) is 3.27. The van der Waals surface area contributed by atoms with Gasteiger partial charge >= 0.3 is 0 Å². The molecule has 0 saturated heterocycles. The molecule has 0 aliphatic carbocycles. The number of aliphatic hydroxyl groups is 1. The second kappa shape index (κ2) is 6.36. The van der Waals surface area contributed by atoms with Crippen LogP contribution in [0.25, 0.3) is 10.8 Å². The number of phenols is 1. The SMILES string of the molecule is CCc1c(F)ccc2c(F)c(O)cc([B]CC(C)(C)C(C)(C)O)c12. The van der Waals surface area contributed by atoms with Gasteiger partial charge in [0.1, 0.15) is 5.82 Å². The number of benzene rings is 2. The molecule has 0 aliphatic heterocycles. The zero-order valence-electron chi connectivity index (χ0n) is 14.9. The van der Waals surface area contributed by atoms with Crippen LogP contribution in [0.3, 0.4) is 0 Å².